The van der Waals surface area contributed by atoms with Crippen LogP contribution in [-0.4, -0.2) is 26.0 Å². The van der Waals surface area contributed by atoms with Gasteiger partial charge in [0.25, 0.3) is 0 Å². The lowest BCUT2D eigenvalue weighted by molar-refractivity contribution is -0.155. The number of fused-ring (bicyclic) bond motifs is 3. The largest absolute Gasteiger partial charge is 0.393 e. The molecule has 0 radical (unpaired) electrons. The molecule has 19 heavy (non-hydrogen) atoms. The molecule has 0 aromatic heterocycles. The van der Waals surface area contributed by atoms with E-state index in [4.69, 9.17) is 69.6 Å². The monoisotopic (exact) mass is 382 g/mol. The number of carbonyl (C=O) groups is 2. The van der Waals surface area contributed by atoms with E-state index in [1.165, 1.54) is 0 Å². The van der Waals surface area contributed by atoms with Crippen molar-refractivity contribution in [2.75, 3.05) is 0 Å². The second-order valence-electron chi connectivity index (χ2n) is 4.86. The lowest BCUT2D eigenvalue weighted by Gasteiger charge is -2.37. The molecule has 2 bridgehead atoms. The number of carbonyl (C=O) groups excluding carboxylic acids is 2. The highest BCUT2D eigenvalue weighted by Gasteiger charge is 2.87. The van der Waals surface area contributed by atoms with E-state index in [2.05, 4.69) is 4.74 Å². The second-order valence-corrected chi connectivity index (χ2v) is 8.15. The number of alkyl halides is 4. The van der Waals surface area contributed by atoms with Crippen molar-refractivity contribution >= 4 is 81.5 Å². The van der Waals surface area contributed by atoms with Crippen molar-refractivity contribution in [1.82, 2.24) is 0 Å². The molecule has 0 amide bonds. The fraction of sp³-hybridized carbons (Fsp3) is 0.600. The van der Waals surface area contributed by atoms with Crippen LogP contribution in [-0.2, 0) is 14.3 Å². The first-order valence-electron chi connectivity index (χ1n) is 5.11. The highest BCUT2D eigenvalue weighted by molar-refractivity contribution is 6.66. The molecule has 1 saturated heterocycles. The van der Waals surface area contributed by atoms with Crippen LogP contribution in [0.4, 0.5) is 0 Å². The van der Waals surface area contributed by atoms with Crippen LogP contribution >= 0.6 is 69.6 Å². The first-order valence-corrected chi connectivity index (χ1v) is 7.38. The van der Waals surface area contributed by atoms with Crippen LogP contribution in [0, 0.1) is 5.41 Å². The van der Waals surface area contributed by atoms with E-state index in [-0.39, 0.29) is 22.9 Å². The van der Waals surface area contributed by atoms with E-state index in [0.717, 1.165) is 0 Å². The maximum Gasteiger partial charge on any atom is 0.322 e. The van der Waals surface area contributed by atoms with Gasteiger partial charge in [0.05, 0.1) is 16.5 Å². The van der Waals surface area contributed by atoms with Gasteiger partial charge >= 0.3 is 11.9 Å². The summed E-state index contributed by atoms with van der Waals surface area (Å²) in [6, 6.07) is 0. The first kappa shape index (κ1) is 14.6. The molecular weight excluding hydrogens is 381 g/mol. The molecular formula is C10H4Cl6O3. The fourth-order valence-corrected chi connectivity index (χ4v) is 6.04. The maximum absolute atomic E-state index is 12.1. The normalized spacial score (nSPS) is 47.5. The van der Waals surface area contributed by atoms with Crippen molar-refractivity contribution in [3.05, 3.63) is 10.1 Å². The standard InChI is InChI=1S/C10H4Cl6O3/c11-4-5(12)9(14)7(1-3(17)19-6(7)18)2-8(4,13)10(9,15)16/h1-2H2/t7-,8+,9-/m1/s1. The van der Waals surface area contributed by atoms with E-state index < -0.39 is 31.4 Å². The fourth-order valence-electron chi connectivity index (χ4n) is 3.06. The van der Waals surface area contributed by atoms with Gasteiger partial charge in [0.1, 0.15) is 15.2 Å². The van der Waals surface area contributed by atoms with Crippen LogP contribution in [0.15, 0.2) is 10.1 Å². The highest BCUT2D eigenvalue weighted by Crippen LogP contribution is 2.79. The number of ether oxygens (including phenoxy) is 1. The Kier molecular flexibility index (Phi) is 2.82. The Labute approximate surface area is 138 Å². The molecule has 3 rings (SSSR count). The third-order valence-electron chi connectivity index (χ3n) is 4.02. The van der Waals surface area contributed by atoms with E-state index in [1.807, 2.05) is 0 Å². The zero-order valence-corrected chi connectivity index (χ0v) is 13.4. The Hall–Kier alpha value is 0.620. The van der Waals surface area contributed by atoms with Gasteiger partial charge in [-0.2, -0.15) is 0 Å². The van der Waals surface area contributed by atoms with Gasteiger partial charge in [-0.3, -0.25) is 9.59 Å². The number of allylic oxidation sites excluding steroid dienone is 2. The van der Waals surface area contributed by atoms with Crippen molar-refractivity contribution in [3.63, 3.8) is 0 Å². The van der Waals surface area contributed by atoms with E-state index in [0.29, 0.717) is 0 Å². The smallest absolute Gasteiger partial charge is 0.322 e. The Balaban J connectivity index is 2.32. The molecule has 1 aliphatic heterocycles. The number of halogens is 6. The van der Waals surface area contributed by atoms with Crippen molar-refractivity contribution in [2.24, 2.45) is 5.41 Å². The molecule has 104 valence electrons. The van der Waals surface area contributed by atoms with Crippen LogP contribution in [0.25, 0.3) is 0 Å². The summed E-state index contributed by atoms with van der Waals surface area (Å²) in [6.07, 6.45) is -0.400. The van der Waals surface area contributed by atoms with Crippen LogP contribution in [0.5, 0.6) is 0 Å². The zero-order chi connectivity index (χ0) is 14.4. The van der Waals surface area contributed by atoms with Crippen LogP contribution in [0.1, 0.15) is 12.8 Å². The summed E-state index contributed by atoms with van der Waals surface area (Å²) in [4.78, 5) is 20.2. The summed E-state index contributed by atoms with van der Waals surface area (Å²) >= 11 is 37.5. The molecule has 3 atom stereocenters. The minimum atomic E-state index is -1.83. The molecule has 1 spiro atoms. The molecule has 1 saturated carbocycles. The van der Waals surface area contributed by atoms with Crippen LogP contribution in [0.3, 0.4) is 0 Å². The van der Waals surface area contributed by atoms with Crippen molar-refractivity contribution < 1.29 is 14.3 Å². The van der Waals surface area contributed by atoms with Gasteiger partial charge in [0.15, 0.2) is 4.33 Å². The molecule has 0 N–H and O–H groups in total. The average Bonchev–Trinajstić information content (AvgIpc) is 2.68. The van der Waals surface area contributed by atoms with E-state index in [1.54, 1.807) is 0 Å². The Morgan fingerprint density at radius 2 is 1.58 bits per heavy atom. The van der Waals surface area contributed by atoms with Crippen molar-refractivity contribution in [3.8, 4) is 0 Å². The minimum Gasteiger partial charge on any atom is -0.393 e. The van der Waals surface area contributed by atoms with E-state index >= 15 is 0 Å². The molecule has 3 nitrogen and oxygen atoms in total. The zero-order valence-electron chi connectivity index (χ0n) is 8.91. The quantitative estimate of drug-likeness (QED) is 0.363. The van der Waals surface area contributed by atoms with Gasteiger partial charge in [0, 0.05) is 0 Å². The second kappa shape index (κ2) is 3.68. The summed E-state index contributed by atoms with van der Waals surface area (Å²) < 4.78 is 2.74. The third-order valence-corrected chi connectivity index (χ3v) is 8.34. The minimum absolute atomic E-state index is 0.00592. The number of hydrogen-bond acceptors (Lipinski definition) is 3. The van der Waals surface area contributed by atoms with E-state index in [9.17, 15) is 9.59 Å². The molecule has 2 fully saturated rings. The van der Waals surface area contributed by atoms with Gasteiger partial charge in [-0.05, 0) is 6.42 Å². The lowest BCUT2D eigenvalue weighted by atomic mass is 9.73. The SMILES string of the molecule is O=C1C[C@@]2(C[C@]3(Cl)C(Cl)=C(Cl)[C@]2(Cl)C3(Cl)Cl)C(=O)O1. The molecule has 3 aliphatic rings. The Morgan fingerprint density at radius 1 is 1.00 bits per heavy atom. The average molecular weight is 385 g/mol. The summed E-state index contributed by atoms with van der Waals surface area (Å²) in [5.74, 6) is -1.55. The van der Waals surface area contributed by atoms with Crippen molar-refractivity contribution in [2.45, 2.75) is 26.9 Å². The molecule has 9 heteroatoms. The summed E-state index contributed by atoms with van der Waals surface area (Å²) in [5.41, 5.74) is -1.49. The third kappa shape index (κ3) is 1.23. The predicted octanol–water partition coefficient (Wildman–Crippen LogP) is 3.68. The summed E-state index contributed by atoms with van der Waals surface area (Å²) in [5, 5.41) is -0.123. The van der Waals surface area contributed by atoms with Gasteiger partial charge in [-0.15, -0.1) is 23.2 Å². The first-order chi connectivity index (χ1) is 8.54. The topological polar surface area (TPSA) is 43.4 Å². The van der Waals surface area contributed by atoms with Crippen LogP contribution < -0.4 is 0 Å². The number of rotatable bonds is 0. The Morgan fingerprint density at radius 3 is 1.95 bits per heavy atom. The summed E-state index contributed by atoms with van der Waals surface area (Å²) in [6.45, 7) is 0. The molecule has 0 aromatic rings. The molecule has 1 heterocycles. The van der Waals surface area contributed by atoms with Crippen molar-refractivity contribution in [1.29, 1.82) is 0 Å². The predicted molar refractivity (Wildman–Crippen MR) is 73.1 cm³/mol. The summed E-state index contributed by atoms with van der Waals surface area (Å²) in [7, 11) is 0. The number of cyclic esters (lactones) is 2. The Bertz CT molecular complexity index is 572. The van der Waals surface area contributed by atoms with Gasteiger partial charge in [0.2, 0.25) is 0 Å². The number of hydrogen-bond donors (Lipinski definition) is 0. The molecule has 0 unspecified atom stereocenters. The highest BCUT2D eigenvalue weighted by atomic mass is 35.5. The van der Waals surface area contributed by atoms with Gasteiger partial charge in [-0.25, -0.2) is 0 Å². The molecule has 2 aliphatic carbocycles. The lowest BCUT2D eigenvalue weighted by Crippen LogP contribution is -2.51. The van der Waals surface area contributed by atoms with Gasteiger partial charge < -0.3 is 4.74 Å². The maximum atomic E-state index is 12.1. The molecule has 0 aromatic carbocycles. The number of esters is 2. The van der Waals surface area contributed by atoms with Gasteiger partial charge in [-0.1, -0.05) is 46.4 Å². The van der Waals surface area contributed by atoms with Crippen LogP contribution in [0.2, 0.25) is 0 Å².